The van der Waals surface area contributed by atoms with Crippen molar-refractivity contribution in [1.29, 1.82) is 0 Å². The maximum atomic E-state index is 5.98. The molecule has 0 spiro atoms. The first kappa shape index (κ1) is 16.4. The van der Waals surface area contributed by atoms with Crippen molar-refractivity contribution in [2.75, 3.05) is 13.2 Å². The zero-order valence-corrected chi connectivity index (χ0v) is 14.9. The molecule has 0 saturated carbocycles. The number of rotatable bonds is 6. The van der Waals surface area contributed by atoms with E-state index in [0.717, 1.165) is 38.3 Å². The van der Waals surface area contributed by atoms with Crippen LogP contribution < -0.4 is 0 Å². The maximum Gasteiger partial charge on any atom is 0.0731 e. The second-order valence-corrected chi connectivity index (χ2v) is 7.33. The summed E-state index contributed by atoms with van der Waals surface area (Å²) in [5.41, 5.74) is 3.78. The van der Waals surface area contributed by atoms with Gasteiger partial charge in [-0.2, -0.15) is 16.4 Å². The van der Waals surface area contributed by atoms with Crippen LogP contribution in [-0.2, 0) is 31.0 Å². The molecule has 130 valence electrons. The van der Waals surface area contributed by atoms with E-state index in [4.69, 9.17) is 4.74 Å². The highest BCUT2D eigenvalue weighted by Crippen LogP contribution is 2.19. The molecular weight excluding hydrogens is 332 g/mol. The number of nitrogens with zero attached hydrogens (tertiary/aromatic N) is 4. The van der Waals surface area contributed by atoms with Crippen molar-refractivity contribution in [3.8, 4) is 0 Å². The Morgan fingerprint density at radius 1 is 1.16 bits per heavy atom. The minimum Gasteiger partial charge on any atom is -0.376 e. The standard InChI is InChI=1S/C19H22N4OS/c1-2-16(8-20-5-1)13-24-14-18-10-22(9-17-4-7-25-15-17)12-19-3-6-21-23(19)11-18/h1-8,15,18H,9-14H2/t18-/m1/s1. The van der Waals surface area contributed by atoms with Gasteiger partial charge in [0.15, 0.2) is 0 Å². The maximum absolute atomic E-state index is 5.98. The van der Waals surface area contributed by atoms with E-state index in [9.17, 15) is 0 Å². The molecule has 0 N–H and O–H groups in total. The van der Waals surface area contributed by atoms with Gasteiger partial charge in [0.05, 0.1) is 18.9 Å². The normalized spacial score (nSPS) is 18.0. The van der Waals surface area contributed by atoms with Gasteiger partial charge >= 0.3 is 0 Å². The molecule has 1 aliphatic rings. The zero-order chi connectivity index (χ0) is 16.9. The third-order valence-corrected chi connectivity index (χ3v) is 5.20. The topological polar surface area (TPSA) is 43.2 Å². The van der Waals surface area contributed by atoms with E-state index in [1.54, 1.807) is 17.5 Å². The molecule has 0 aliphatic carbocycles. The largest absolute Gasteiger partial charge is 0.376 e. The first-order chi connectivity index (χ1) is 12.4. The van der Waals surface area contributed by atoms with Crippen LogP contribution in [0.25, 0.3) is 0 Å². The number of hydrogen-bond acceptors (Lipinski definition) is 5. The van der Waals surface area contributed by atoms with Gasteiger partial charge in [-0.1, -0.05) is 6.07 Å². The average molecular weight is 354 g/mol. The Labute approximate surface area is 151 Å². The fraction of sp³-hybridized carbons (Fsp3) is 0.368. The van der Waals surface area contributed by atoms with Gasteiger partial charge in [0, 0.05) is 50.7 Å². The number of thiophene rings is 1. The minimum atomic E-state index is 0.427. The molecule has 25 heavy (non-hydrogen) atoms. The molecular formula is C19H22N4OS. The van der Waals surface area contributed by atoms with Crippen molar-refractivity contribution in [1.82, 2.24) is 19.7 Å². The van der Waals surface area contributed by atoms with E-state index in [2.05, 4.69) is 48.6 Å². The molecule has 0 radical (unpaired) electrons. The smallest absolute Gasteiger partial charge is 0.0731 e. The number of pyridine rings is 1. The van der Waals surface area contributed by atoms with E-state index >= 15 is 0 Å². The number of aromatic nitrogens is 3. The molecule has 0 bridgehead atoms. The Morgan fingerprint density at radius 3 is 3.00 bits per heavy atom. The predicted molar refractivity (Wildman–Crippen MR) is 98.0 cm³/mol. The number of hydrogen-bond donors (Lipinski definition) is 0. The first-order valence-electron chi connectivity index (χ1n) is 8.57. The van der Waals surface area contributed by atoms with Crippen LogP contribution in [0.2, 0.25) is 0 Å². The van der Waals surface area contributed by atoms with Crippen molar-refractivity contribution in [2.45, 2.75) is 26.2 Å². The highest BCUT2D eigenvalue weighted by molar-refractivity contribution is 7.07. The molecule has 0 fully saturated rings. The summed E-state index contributed by atoms with van der Waals surface area (Å²) in [7, 11) is 0. The fourth-order valence-corrected chi connectivity index (χ4v) is 3.97. The van der Waals surface area contributed by atoms with Gasteiger partial charge in [-0.05, 0) is 40.1 Å². The van der Waals surface area contributed by atoms with Crippen molar-refractivity contribution >= 4 is 11.3 Å². The molecule has 4 heterocycles. The first-order valence-corrected chi connectivity index (χ1v) is 9.52. The summed E-state index contributed by atoms with van der Waals surface area (Å²) in [4.78, 5) is 6.64. The third-order valence-electron chi connectivity index (χ3n) is 4.47. The number of ether oxygens (including phenoxy) is 1. The molecule has 1 aliphatic heterocycles. The zero-order valence-electron chi connectivity index (χ0n) is 14.1. The second kappa shape index (κ2) is 7.91. The summed E-state index contributed by atoms with van der Waals surface area (Å²) in [5, 5.41) is 8.87. The SMILES string of the molecule is c1cncc(COC[C@@H]2CN(Cc3ccsc3)Cc3ccnn3C2)c1. The summed E-state index contributed by atoms with van der Waals surface area (Å²) in [6.07, 6.45) is 5.55. The molecule has 0 amide bonds. The highest BCUT2D eigenvalue weighted by Gasteiger charge is 2.22. The quantitative estimate of drug-likeness (QED) is 0.682. The Morgan fingerprint density at radius 2 is 2.16 bits per heavy atom. The molecule has 0 aromatic carbocycles. The fourth-order valence-electron chi connectivity index (χ4n) is 3.31. The van der Waals surface area contributed by atoms with Crippen LogP contribution in [0, 0.1) is 5.92 Å². The Bertz CT molecular complexity index is 772. The Kier molecular flexibility index (Phi) is 5.20. The molecule has 5 nitrogen and oxygen atoms in total. The summed E-state index contributed by atoms with van der Waals surface area (Å²) in [6.45, 7) is 5.19. The molecule has 0 unspecified atom stereocenters. The summed E-state index contributed by atoms with van der Waals surface area (Å²) >= 11 is 1.76. The van der Waals surface area contributed by atoms with Gasteiger partial charge < -0.3 is 4.74 Å². The monoisotopic (exact) mass is 354 g/mol. The summed E-state index contributed by atoms with van der Waals surface area (Å²) in [5.74, 6) is 0.427. The lowest BCUT2D eigenvalue weighted by Gasteiger charge is -2.23. The molecule has 4 rings (SSSR count). The van der Waals surface area contributed by atoms with Gasteiger partial charge in [0.25, 0.3) is 0 Å². The van der Waals surface area contributed by atoms with Crippen LogP contribution in [0.3, 0.4) is 0 Å². The average Bonchev–Trinajstić information content (AvgIpc) is 3.25. The van der Waals surface area contributed by atoms with Crippen molar-refractivity contribution in [3.63, 3.8) is 0 Å². The summed E-state index contributed by atoms with van der Waals surface area (Å²) in [6, 6.07) is 8.33. The molecule has 3 aromatic heterocycles. The van der Waals surface area contributed by atoms with E-state index in [-0.39, 0.29) is 0 Å². The van der Waals surface area contributed by atoms with Crippen molar-refractivity contribution < 1.29 is 4.74 Å². The lowest BCUT2D eigenvalue weighted by molar-refractivity contribution is 0.0656. The second-order valence-electron chi connectivity index (χ2n) is 6.55. The molecule has 0 saturated heterocycles. The Hall–Kier alpha value is -2.02. The minimum absolute atomic E-state index is 0.427. The molecule has 6 heteroatoms. The van der Waals surface area contributed by atoms with Crippen LogP contribution in [0.15, 0.2) is 53.6 Å². The van der Waals surface area contributed by atoms with Gasteiger partial charge in [0.1, 0.15) is 0 Å². The van der Waals surface area contributed by atoms with Crippen molar-refractivity contribution in [2.24, 2.45) is 5.92 Å². The van der Waals surface area contributed by atoms with E-state index < -0.39 is 0 Å². The van der Waals surface area contributed by atoms with Crippen LogP contribution in [-0.4, -0.2) is 32.8 Å². The lowest BCUT2D eigenvalue weighted by Crippen LogP contribution is -2.30. The predicted octanol–water partition coefficient (Wildman–Crippen LogP) is 3.19. The van der Waals surface area contributed by atoms with Crippen molar-refractivity contribution in [3.05, 3.63) is 70.4 Å². The third kappa shape index (κ3) is 4.34. The van der Waals surface area contributed by atoms with Gasteiger partial charge in [-0.3, -0.25) is 14.6 Å². The summed E-state index contributed by atoms with van der Waals surface area (Å²) < 4.78 is 8.11. The van der Waals surface area contributed by atoms with Crippen LogP contribution >= 0.6 is 11.3 Å². The van der Waals surface area contributed by atoms with Gasteiger partial charge in [-0.15, -0.1) is 0 Å². The molecule has 1 atom stereocenters. The highest BCUT2D eigenvalue weighted by atomic mass is 32.1. The van der Waals surface area contributed by atoms with Crippen LogP contribution in [0.4, 0.5) is 0 Å². The van der Waals surface area contributed by atoms with Crippen LogP contribution in [0.1, 0.15) is 16.8 Å². The van der Waals surface area contributed by atoms with Gasteiger partial charge in [0.2, 0.25) is 0 Å². The lowest BCUT2D eigenvalue weighted by atomic mass is 10.1. The Balaban J connectivity index is 1.40. The van der Waals surface area contributed by atoms with Gasteiger partial charge in [-0.25, -0.2) is 0 Å². The van der Waals surface area contributed by atoms with E-state index in [1.165, 1.54) is 11.3 Å². The number of fused-ring (bicyclic) bond motifs is 1. The van der Waals surface area contributed by atoms with E-state index in [0.29, 0.717) is 12.5 Å². The van der Waals surface area contributed by atoms with Crippen LogP contribution in [0.5, 0.6) is 0 Å². The molecule has 3 aromatic rings. The van der Waals surface area contributed by atoms with E-state index in [1.807, 2.05) is 18.5 Å².